The van der Waals surface area contributed by atoms with Crippen molar-refractivity contribution in [2.24, 2.45) is 11.3 Å². The molecule has 1 fully saturated rings. The number of nitrogens with zero attached hydrogens (tertiary/aromatic N) is 2. The van der Waals surface area contributed by atoms with E-state index in [1.165, 1.54) is 0 Å². The Bertz CT molecular complexity index is 752. The standard InChI is InChI=1S/C17H21N3O3/c1-11(2)17(16(22)23)5-7-20(10-17)14(21)8-12-9-19-15-13(12)4-3-6-18-15/h3-4,6,9,11H,5,7-8,10H2,1-2H3,(H,18,19)(H,22,23). The van der Waals surface area contributed by atoms with Crippen molar-refractivity contribution in [3.8, 4) is 0 Å². The number of carboxylic acids is 1. The average molecular weight is 315 g/mol. The second-order valence-corrected chi connectivity index (χ2v) is 6.57. The molecule has 0 radical (unpaired) electrons. The number of nitrogens with one attached hydrogen (secondary N) is 1. The van der Waals surface area contributed by atoms with Gasteiger partial charge in [-0.3, -0.25) is 9.59 Å². The first kappa shape index (κ1) is 15.5. The number of carbonyl (C=O) groups is 2. The van der Waals surface area contributed by atoms with Crippen LogP contribution in [0.5, 0.6) is 0 Å². The van der Waals surface area contributed by atoms with Crippen LogP contribution in [0, 0.1) is 11.3 Å². The molecule has 0 spiro atoms. The van der Waals surface area contributed by atoms with E-state index in [0.29, 0.717) is 19.5 Å². The molecule has 1 amide bonds. The quantitative estimate of drug-likeness (QED) is 0.904. The molecule has 23 heavy (non-hydrogen) atoms. The molecule has 6 heteroatoms. The zero-order valence-electron chi connectivity index (χ0n) is 13.4. The van der Waals surface area contributed by atoms with Crippen LogP contribution in [0.1, 0.15) is 25.8 Å². The van der Waals surface area contributed by atoms with E-state index < -0.39 is 11.4 Å². The molecule has 6 nitrogen and oxygen atoms in total. The van der Waals surface area contributed by atoms with Gasteiger partial charge in [-0.15, -0.1) is 0 Å². The first-order valence-electron chi connectivity index (χ1n) is 7.86. The Balaban J connectivity index is 1.76. The third kappa shape index (κ3) is 2.58. The number of pyridine rings is 1. The van der Waals surface area contributed by atoms with E-state index in [0.717, 1.165) is 16.6 Å². The Morgan fingerprint density at radius 2 is 2.26 bits per heavy atom. The Morgan fingerprint density at radius 1 is 1.48 bits per heavy atom. The van der Waals surface area contributed by atoms with Crippen LogP contribution in [0.4, 0.5) is 0 Å². The van der Waals surface area contributed by atoms with Gasteiger partial charge in [0.05, 0.1) is 11.8 Å². The van der Waals surface area contributed by atoms with Crippen molar-refractivity contribution in [1.82, 2.24) is 14.9 Å². The number of carbonyl (C=O) groups excluding carboxylic acids is 1. The number of hydrogen-bond donors (Lipinski definition) is 2. The second-order valence-electron chi connectivity index (χ2n) is 6.57. The minimum absolute atomic E-state index is 0.00455. The summed E-state index contributed by atoms with van der Waals surface area (Å²) in [6.45, 7) is 4.62. The largest absolute Gasteiger partial charge is 0.481 e. The van der Waals surface area contributed by atoms with Gasteiger partial charge >= 0.3 is 5.97 Å². The highest BCUT2D eigenvalue weighted by molar-refractivity contribution is 5.88. The summed E-state index contributed by atoms with van der Waals surface area (Å²) in [6, 6.07) is 3.77. The summed E-state index contributed by atoms with van der Waals surface area (Å²) in [5.74, 6) is -0.840. The lowest BCUT2D eigenvalue weighted by Gasteiger charge is -2.28. The van der Waals surface area contributed by atoms with Crippen LogP contribution in [0.2, 0.25) is 0 Å². The lowest BCUT2D eigenvalue weighted by Crippen LogP contribution is -2.41. The molecule has 0 aromatic carbocycles. The number of likely N-dealkylation sites (tertiary alicyclic amines) is 1. The van der Waals surface area contributed by atoms with Gasteiger partial charge < -0.3 is 15.0 Å². The number of aliphatic carboxylic acids is 1. The fourth-order valence-electron chi connectivity index (χ4n) is 3.37. The lowest BCUT2D eigenvalue weighted by atomic mass is 9.76. The van der Waals surface area contributed by atoms with E-state index in [1.807, 2.05) is 26.0 Å². The maximum absolute atomic E-state index is 12.6. The highest BCUT2D eigenvalue weighted by Crippen LogP contribution is 2.38. The van der Waals surface area contributed by atoms with Crippen molar-refractivity contribution < 1.29 is 14.7 Å². The number of rotatable bonds is 4. The normalized spacial score (nSPS) is 21.3. The Hall–Kier alpha value is -2.37. The topological polar surface area (TPSA) is 86.3 Å². The first-order valence-corrected chi connectivity index (χ1v) is 7.86. The molecule has 1 aliphatic rings. The van der Waals surface area contributed by atoms with Gasteiger partial charge in [0, 0.05) is 30.9 Å². The third-order valence-corrected chi connectivity index (χ3v) is 5.06. The number of aromatic nitrogens is 2. The molecule has 1 unspecified atom stereocenters. The molecule has 0 aliphatic carbocycles. The second kappa shape index (κ2) is 5.68. The number of H-pyrrole nitrogens is 1. The number of carboxylic acid groups (broad SMARTS) is 1. The van der Waals surface area contributed by atoms with Crippen molar-refractivity contribution >= 4 is 22.9 Å². The fraction of sp³-hybridized carbons (Fsp3) is 0.471. The molecular formula is C17H21N3O3. The average Bonchev–Trinajstić information content (AvgIpc) is 3.13. The molecule has 122 valence electrons. The van der Waals surface area contributed by atoms with E-state index in [2.05, 4.69) is 9.97 Å². The molecule has 2 aromatic rings. The van der Waals surface area contributed by atoms with E-state index in [-0.39, 0.29) is 18.2 Å². The highest BCUT2D eigenvalue weighted by atomic mass is 16.4. The molecule has 1 aliphatic heterocycles. The van der Waals surface area contributed by atoms with E-state index in [9.17, 15) is 14.7 Å². The third-order valence-electron chi connectivity index (χ3n) is 5.06. The summed E-state index contributed by atoms with van der Waals surface area (Å²) in [5, 5.41) is 10.5. The van der Waals surface area contributed by atoms with Crippen molar-refractivity contribution in [3.63, 3.8) is 0 Å². The molecule has 2 aromatic heterocycles. The summed E-state index contributed by atoms with van der Waals surface area (Å²) in [7, 11) is 0. The van der Waals surface area contributed by atoms with Crippen molar-refractivity contribution in [2.45, 2.75) is 26.7 Å². The predicted octanol–water partition coefficient (Wildman–Crippen LogP) is 2.06. The Morgan fingerprint density at radius 3 is 2.91 bits per heavy atom. The van der Waals surface area contributed by atoms with Gasteiger partial charge in [-0.1, -0.05) is 13.8 Å². The van der Waals surface area contributed by atoms with Gasteiger partial charge in [-0.05, 0) is 30.0 Å². The van der Waals surface area contributed by atoms with E-state index >= 15 is 0 Å². The summed E-state index contributed by atoms with van der Waals surface area (Å²) >= 11 is 0. The Kier molecular flexibility index (Phi) is 3.83. The number of amides is 1. The SMILES string of the molecule is CC(C)C1(C(=O)O)CCN(C(=O)Cc2c[nH]c3ncccc23)C1. The van der Waals surface area contributed by atoms with Crippen LogP contribution in [0.15, 0.2) is 24.5 Å². The van der Waals surface area contributed by atoms with Gasteiger partial charge in [0.15, 0.2) is 0 Å². The van der Waals surface area contributed by atoms with Gasteiger partial charge in [-0.2, -0.15) is 0 Å². The molecule has 1 atom stereocenters. The summed E-state index contributed by atoms with van der Waals surface area (Å²) in [4.78, 5) is 33.2. The molecule has 3 rings (SSSR count). The molecule has 0 saturated carbocycles. The number of hydrogen-bond acceptors (Lipinski definition) is 3. The summed E-state index contributed by atoms with van der Waals surface area (Å²) in [6.07, 6.45) is 4.29. The van der Waals surface area contributed by atoms with E-state index in [1.54, 1.807) is 17.3 Å². The highest BCUT2D eigenvalue weighted by Gasteiger charge is 2.48. The van der Waals surface area contributed by atoms with Crippen molar-refractivity contribution in [1.29, 1.82) is 0 Å². The van der Waals surface area contributed by atoms with Crippen LogP contribution < -0.4 is 0 Å². The van der Waals surface area contributed by atoms with Crippen LogP contribution in [0.25, 0.3) is 11.0 Å². The molecule has 0 bridgehead atoms. The smallest absolute Gasteiger partial charge is 0.311 e. The molecular weight excluding hydrogens is 294 g/mol. The lowest BCUT2D eigenvalue weighted by molar-refractivity contribution is -0.151. The van der Waals surface area contributed by atoms with Gasteiger partial charge in [0.25, 0.3) is 0 Å². The van der Waals surface area contributed by atoms with Crippen LogP contribution in [-0.4, -0.2) is 44.9 Å². The van der Waals surface area contributed by atoms with Gasteiger partial charge in [-0.25, -0.2) is 4.98 Å². The molecule has 3 heterocycles. The fourth-order valence-corrected chi connectivity index (χ4v) is 3.37. The first-order chi connectivity index (χ1) is 10.9. The zero-order valence-corrected chi connectivity index (χ0v) is 13.4. The Labute approximate surface area is 134 Å². The van der Waals surface area contributed by atoms with Crippen LogP contribution in [0.3, 0.4) is 0 Å². The summed E-state index contributed by atoms with van der Waals surface area (Å²) in [5.41, 5.74) is 0.839. The maximum Gasteiger partial charge on any atom is 0.311 e. The number of fused-ring (bicyclic) bond motifs is 1. The number of aromatic amines is 1. The predicted molar refractivity (Wildman–Crippen MR) is 85.9 cm³/mol. The van der Waals surface area contributed by atoms with Crippen molar-refractivity contribution in [2.75, 3.05) is 13.1 Å². The maximum atomic E-state index is 12.6. The molecule has 1 saturated heterocycles. The zero-order chi connectivity index (χ0) is 16.6. The van der Waals surface area contributed by atoms with Gasteiger partial charge in [0.1, 0.15) is 5.65 Å². The van der Waals surface area contributed by atoms with Crippen molar-refractivity contribution in [3.05, 3.63) is 30.1 Å². The van der Waals surface area contributed by atoms with Crippen LogP contribution in [-0.2, 0) is 16.0 Å². The van der Waals surface area contributed by atoms with E-state index in [4.69, 9.17) is 0 Å². The van der Waals surface area contributed by atoms with Crippen LogP contribution >= 0.6 is 0 Å². The minimum Gasteiger partial charge on any atom is -0.481 e. The van der Waals surface area contributed by atoms with Gasteiger partial charge in [0.2, 0.25) is 5.91 Å². The minimum atomic E-state index is -0.822. The summed E-state index contributed by atoms with van der Waals surface area (Å²) < 4.78 is 0. The molecule has 2 N–H and O–H groups in total. The monoisotopic (exact) mass is 315 g/mol.